The minimum absolute atomic E-state index is 0.167. The summed E-state index contributed by atoms with van der Waals surface area (Å²) in [6.45, 7) is 6.53. The van der Waals surface area contributed by atoms with Crippen LogP contribution < -0.4 is 0 Å². The van der Waals surface area contributed by atoms with E-state index >= 15 is 0 Å². The SMILES string of the molecule is CC1(C)Cc2c(sc3c2c2ncnn2c2nnc(SCC(=O)N4CCCCC4)n32)CO1. The van der Waals surface area contributed by atoms with Gasteiger partial charge in [-0.2, -0.15) is 9.61 Å². The second-order valence-electron chi connectivity index (χ2n) is 8.75. The van der Waals surface area contributed by atoms with Gasteiger partial charge < -0.3 is 9.64 Å². The highest BCUT2D eigenvalue weighted by atomic mass is 32.2. The molecule has 6 heterocycles. The standard InChI is InChI=1S/C20H23N7O2S2/c1-20(2)8-12-13(9-29-20)31-17-15(12)16-21-11-22-27(16)18-23-24-19(26(17)18)30-10-14(28)25-6-4-3-5-7-25/h11H,3-10H2,1-2H3. The molecule has 0 N–H and O–H groups in total. The Bertz CT molecular complexity index is 1320. The molecule has 6 rings (SSSR count). The molecule has 1 saturated heterocycles. The van der Waals surface area contributed by atoms with E-state index in [1.807, 2.05) is 9.30 Å². The second kappa shape index (κ2) is 7.14. The number of carbonyl (C=O) groups is 1. The largest absolute Gasteiger partial charge is 0.370 e. The summed E-state index contributed by atoms with van der Waals surface area (Å²) in [4.78, 5) is 21.5. The quantitative estimate of drug-likeness (QED) is 0.437. The van der Waals surface area contributed by atoms with Crippen molar-refractivity contribution in [3.8, 4) is 0 Å². The van der Waals surface area contributed by atoms with Gasteiger partial charge in [0.15, 0.2) is 10.8 Å². The Labute approximate surface area is 186 Å². The fourth-order valence-corrected chi connectivity index (χ4v) is 6.64. The van der Waals surface area contributed by atoms with Crippen LogP contribution in [0.4, 0.5) is 0 Å². The zero-order chi connectivity index (χ0) is 21.2. The molecule has 9 nitrogen and oxygen atoms in total. The van der Waals surface area contributed by atoms with Gasteiger partial charge in [0.1, 0.15) is 11.2 Å². The number of likely N-dealkylation sites (tertiary alicyclic amines) is 1. The summed E-state index contributed by atoms with van der Waals surface area (Å²) in [6, 6.07) is 0. The number of rotatable bonds is 3. The maximum Gasteiger partial charge on any atom is 0.260 e. The van der Waals surface area contributed by atoms with Crippen LogP contribution in [0.25, 0.3) is 21.6 Å². The first-order valence-corrected chi connectivity index (χ1v) is 12.4. The summed E-state index contributed by atoms with van der Waals surface area (Å²) < 4.78 is 9.84. The molecule has 0 atom stereocenters. The molecule has 2 aliphatic heterocycles. The van der Waals surface area contributed by atoms with Crippen LogP contribution >= 0.6 is 23.1 Å². The van der Waals surface area contributed by atoms with Crippen LogP contribution in [-0.2, 0) is 22.6 Å². The van der Waals surface area contributed by atoms with Crippen molar-refractivity contribution in [2.45, 2.75) is 56.9 Å². The van der Waals surface area contributed by atoms with Crippen LogP contribution in [0.5, 0.6) is 0 Å². The highest BCUT2D eigenvalue weighted by Gasteiger charge is 2.32. The lowest BCUT2D eigenvalue weighted by atomic mass is 9.94. The van der Waals surface area contributed by atoms with Crippen molar-refractivity contribution < 1.29 is 9.53 Å². The summed E-state index contributed by atoms with van der Waals surface area (Å²) in [6.07, 6.45) is 5.77. The summed E-state index contributed by atoms with van der Waals surface area (Å²) in [5.41, 5.74) is 1.84. The van der Waals surface area contributed by atoms with Gasteiger partial charge in [-0.15, -0.1) is 21.5 Å². The fourth-order valence-electron chi connectivity index (χ4n) is 4.52. The number of hydrogen-bond acceptors (Lipinski definition) is 8. The van der Waals surface area contributed by atoms with Gasteiger partial charge in [0.25, 0.3) is 5.78 Å². The van der Waals surface area contributed by atoms with Crippen molar-refractivity contribution >= 4 is 50.6 Å². The Balaban J connectivity index is 1.45. The molecule has 162 valence electrons. The molecular weight excluding hydrogens is 434 g/mol. The zero-order valence-corrected chi connectivity index (χ0v) is 19.1. The minimum atomic E-state index is -0.224. The molecule has 11 heteroatoms. The molecule has 2 aliphatic rings. The van der Waals surface area contributed by atoms with Gasteiger partial charge in [0, 0.05) is 24.4 Å². The van der Waals surface area contributed by atoms with E-state index in [-0.39, 0.29) is 11.5 Å². The van der Waals surface area contributed by atoms with Gasteiger partial charge >= 0.3 is 0 Å². The number of thioether (sulfide) groups is 1. The van der Waals surface area contributed by atoms with Crippen LogP contribution in [0, 0.1) is 0 Å². The van der Waals surface area contributed by atoms with E-state index in [9.17, 15) is 4.79 Å². The highest BCUT2D eigenvalue weighted by molar-refractivity contribution is 7.99. The zero-order valence-electron chi connectivity index (χ0n) is 17.5. The summed E-state index contributed by atoms with van der Waals surface area (Å²) >= 11 is 3.14. The maximum atomic E-state index is 12.7. The van der Waals surface area contributed by atoms with E-state index in [4.69, 9.17) is 4.74 Å². The third-order valence-electron chi connectivity index (χ3n) is 6.08. The van der Waals surface area contributed by atoms with Crippen LogP contribution in [0.15, 0.2) is 11.5 Å². The molecule has 0 aromatic carbocycles. The summed E-state index contributed by atoms with van der Waals surface area (Å²) in [5.74, 6) is 1.14. The van der Waals surface area contributed by atoms with Crippen LogP contribution in [0.2, 0.25) is 0 Å². The van der Waals surface area contributed by atoms with Crippen molar-refractivity contribution in [3.63, 3.8) is 0 Å². The number of fused-ring (bicyclic) bond motifs is 8. The topological polar surface area (TPSA) is 89.9 Å². The average molecular weight is 458 g/mol. The molecule has 4 aromatic heterocycles. The second-order valence-corrected chi connectivity index (χ2v) is 10.8. The van der Waals surface area contributed by atoms with Gasteiger partial charge in [0.2, 0.25) is 5.91 Å². The van der Waals surface area contributed by atoms with Crippen LogP contribution in [-0.4, -0.2) is 64.4 Å². The predicted octanol–water partition coefficient (Wildman–Crippen LogP) is 2.94. The number of piperidine rings is 1. The van der Waals surface area contributed by atoms with Crippen molar-refractivity contribution in [2.24, 2.45) is 0 Å². The highest BCUT2D eigenvalue weighted by Crippen LogP contribution is 2.41. The third-order valence-corrected chi connectivity index (χ3v) is 8.19. The van der Waals surface area contributed by atoms with Crippen molar-refractivity contribution in [2.75, 3.05) is 18.8 Å². The normalized spacial score (nSPS) is 18.8. The molecule has 0 saturated carbocycles. The number of ether oxygens (including phenoxy) is 1. The molecule has 1 amide bonds. The number of aromatic nitrogens is 6. The summed E-state index contributed by atoms with van der Waals surface area (Å²) in [5, 5.41) is 15.0. The Morgan fingerprint density at radius 1 is 1.26 bits per heavy atom. The Morgan fingerprint density at radius 2 is 2.10 bits per heavy atom. The molecule has 4 aromatic rings. The summed E-state index contributed by atoms with van der Waals surface area (Å²) in [7, 11) is 0. The number of thiophene rings is 1. The van der Waals surface area contributed by atoms with Crippen LogP contribution in [0.3, 0.4) is 0 Å². The monoisotopic (exact) mass is 457 g/mol. The van der Waals surface area contributed by atoms with Gasteiger partial charge in [-0.3, -0.25) is 4.79 Å². The van der Waals surface area contributed by atoms with Gasteiger partial charge in [0.05, 0.1) is 23.3 Å². The first-order chi connectivity index (χ1) is 15.0. The van der Waals surface area contributed by atoms with E-state index in [1.54, 1.807) is 22.2 Å². The van der Waals surface area contributed by atoms with E-state index < -0.39 is 0 Å². The predicted molar refractivity (Wildman–Crippen MR) is 119 cm³/mol. The van der Waals surface area contributed by atoms with Crippen molar-refractivity contribution in [1.82, 2.24) is 34.1 Å². The van der Waals surface area contributed by atoms with Crippen molar-refractivity contribution in [1.29, 1.82) is 0 Å². The molecule has 0 spiro atoms. The first-order valence-electron chi connectivity index (χ1n) is 10.6. The number of hydrogen-bond donors (Lipinski definition) is 0. The maximum absolute atomic E-state index is 12.7. The molecule has 0 radical (unpaired) electrons. The molecule has 0 bridgehead atoms. The van der Waals surface area contributed by atoms with Crippen molar-refractivity contribution in [3.05, 3.63) is 16.8 Å². The first kappa shape index (κ1) is 19.4. The van der Waals surface area contributed by atoms with E-state index in [2.05, 4.69) is 34.1 Å². The Morgan fingerprint density at radius 3 is 2.94 bits per heavy atom. The number of nitrogens with zero attached hydrogens (tertiary/aromatic N) is 7. The average Bonchev–Trinajstić information content (AvgIpc) is 3.47. The fraction of sp³-hybridized carbons (Fsp3) is 0.550. The smallest absolute Gasteiger partial charge is 0.260 e. The van der Waals surface area contributed by atoms with Gasteiger partial charge in [-0.1, -0.05) is 11.8 Å². The Hall–Kier alpha value is -2.24. The lowest BCUT2D eigenvalue weighted by molar-refractivity contribution is -0.129. The van der Waals surface area contributed by atoms with Crippen LogP contribution in [0.1, 0.15) is 43.6 Å². The lowest BCUT2D eigenvalue weighted by Gasteiger charge is -2.30. The minimum Gasteiger partial charge on any atom is -0.370 e. The van der Waals surface area contributed by atoms with Gasteiger partial charge in [-0.25, -0.2) is 9.38 Å². The van der Waals surface area contributed by atoms with Gasteiger partial charge in [-0.05, 0) is 38.7 Å². The molecule has 0 aliphatic carbocycles. The van der Waals surface area contributed by atoms with E-state index in [1.165, 1.54) is 28.6 Å². The van der Waals surface area contributed by atoms with E-state index in [0.717, 1.165) is 48.2 Å². The molecule has 31 heavy (non-hydrogen) atoms. The third kappa shape index (κ3) is 3.13. The molecule has 1 fully saturated rings. The number of amides is 1. The Kier molecular flexibility index (Phi) is 4.48. The molecular formula is C20H23N7O2S2. The number of carbonyl (C=O) groups excluding carboxylic acids is 1. The molecule has 0 unspecified atom stereocenters. The van der Waals surface area contributed by atoms with E-state index in [0.29, 0.717) is 23.3 Å². The lowest BCUT2D eigenvalue weighted by Crippen LogP contribution is -2.36.